The first kappa shape index (κ1) is 21.5. The molecule has 154 valence electrons. The quantitative estimate of drug-likeness (QED) is 0.625. The van der Waals surface area contributed by atoms with Gasteiger partial charge in [-0.2, -0.15) is 0 Å². The number of nitrogens with zero attached hydrogens (tertiary/aromatic N) is 1. The summed E-state index contributed by atoms with van der Waals surface area (Å²) in [6, 6.07) is 14.3. The summed E-state index contributed by atoms with van der Waals surface area (Å²) in [5.74, 6) is -0.0240. The minimum atomic E-state index is -0.0240. The zero-order chi connectivity index (χ0) is 20.6. The average molecular weight is 410 g/mol. The first-order valence-corrected chi connectivity index (χ1v) is 11.3. The molecule has 0 unspecified atom stereocenters. The van der Waals surface area contributed by atoms with E-state index < -0.39 is 0 Å². The molecule has 2 N–H and O–H groups in total. The molecule has 0 saturated carbocycles. The van der Waals surface area contributed by atoms with Crippen molar-refractivity contribution in [2.24, 2.45) is 0 Å². The first-order chi connectivity index (χ1) is 14.1. The van der Waals surface area contributed by atoms with Crippen LogP contribution < -0.4 is 10.7 Å². The molecule has 4 nitrogen and oxygen atoms in total. The van der Waals surface area contributed by atoms with Crippen molar-refractivity contribution in [3.05, 3.63) is 65.7 Å². The zero-order valence-corrected chi connectivity index (χ0v) is 18.3. The van der Waals surface area contributed by atoms with Gasteiger partial charge in [-0.05, 0) is 56.0 Å². The van der Waals surface area contributed by atoms with Gasteiger partial charge in [0.15, 0.2) is 0 Å². The minimum absolute atomic E-state index is 0.0240. The van der Waals surface area contributed by atoms with E-state index in [-0.39, 0.29) is 5.91 Å². The van der Waals surface area contributed by atoms with Gasteiger partial charge >= 0.3 is 0 Å². The molecule has 1 aliphatic rings. The van der Waals surface area contributed by atoms with E-state index in [4.69, 9.17) is 0 Å². The van der Waals surface area contributed by atoms with Crippen LogP contribution in [-0.2, 0) is 0 Å². The van der Waals surface area contributed by atoms with Gasteiger partial charge < -0.3 is 5.32 Å². The van der Waals surface area contributed by atoms with E-state index in [9.17, 15) is 4.79 Å². The van der Waals surface area contributed by atoms with Gasteiger partial charge in [0.05, 0.1) is 0 Å². The first-order valence-electron chi connectivity index (χ1n) is 10.4. The second kappa shape index (κ2) is 10.5. The van der Waals surface area contributed by atoms with Crippen LogP contribution >= 0.6 is 11.8 Å². The predicted molar refractivity (Wildman–Crippen MR) is 122 cm³/mol. The smallest absolute Gasteiger partial charge is 0.265 e. The summed E-state index contributed by atoms with van der Waals surface area (Å²) in [4.78, 5) is 14.9. The number of piperidine rings is 1. The van der Waals surface area contributed by atoms with E-state index in [1.165, 1.54) is 6.42 Å². The molecule has 1 fully saturated rings. The second-order valence-electron chi connectivity index (χ2n) is 7.47. The number of benzene rings is 2. The summed E-state index contributed by atoms with van der Waals surface area (Å²) in [6.07, 6.45) is 4.60. The molecule has 0 radical (unpaired) electrons. The van der Waals surface area contributed by atoms with E-state index in [0.717, 1.165) is 65.5 Å². The lowest BCUT2D eigenvalue weighted by Crippen LogP contribution is -2.45. The number of aryl methyl sites for hydroxylation is 1. The fourth-order valence-electron chi connectivity index (χ4n) is 3.41. The van der Waals surface area contributed by atoms with E-state index in [0.29, 0.717) is 5.56 Å². The molecule has 1 saturated heterocycles. The summed E-state index contributed by atoms with van der Waals surface area (Å²) in [5.41, 5.74) is 6.92. The maximum atomic E-state index is 12.6. The highest BCUT2D eigenvalue weighted by Crippen LogP contribution is 2.34. The summed E-state index contributed by atoms with van der Waals surface area (Å²) in [5, 5.41) is 5.42. The molecular formula is C24H31N3OS. The summed E-state index contributed by atoms with van der Waals surface area (Å²) >= 11 is 1.72. The second-order valence-corrected chi connectivity index (χ2v) is 8.56. The Balaban J connectivity index is 1.71. The Kier molecular flexibility index (Phi) is 7.78. The zero-order valence-electron chi connectivity index (χ0n) is 17.5. The van der Waals surface area contributed by atoms with Crippen molar-refractivity contribution in [1.82, 2.24) is 15.8 Å². The molecule has 2 aromatic carbocycles. The van der Waals surface area contributed by atoms with Crippen LogP contribution in [-0.4, -0.2) is 30.6 Å². The maximum Gasteiger partial charge on any atom is 0.265 e. The Bertz CT molecular complexity index is 859. The highest BCUT2D eigenvalue weighted by molar-refractivity contribution is 7.99. The molecule has 2 aromatic rings. The van der Waals surface area contributed by atoms with E-state index >= 15 is 0 Å². The van der Waals surface area contributed by atoms with Crippen LogP contribution in [0.3, 0.4) is 0 Å². The van der Waals surface area contributed by atoms with Crippen molar-refractivity contribution < 1.29 is 4.79 Å². The Hall–Kier alpha value is -2.24. The molecule has 0 atom stereocenters. The van der Waals surface area contributed by atoms with E-state index in [2.05, 4.69) is 49.4 Å². The van der Waals surface area contributed by atoms with Gasteiger partial charge in [0.25, 0.3) is 5.91 Å². The van der Waals surface area contributed by atoms with Crippen molar-refractivity contribution in [2.75, 3.05) is 19.6 Å². The molecular weight excluding hydrogens is 378 g/mol. The third kappa shape index (κ3) is 5.87. The number of hydrazine groups is 1. The van der Waals surface area contributed by atoms with Crippen LogP contribution in [0.25, 0.3) is 5.70 Å². The van der Waals surface area contributed by atoms with Crippen molar-refractivity contribution in [3.63, 3.8) is 0 Å². The van der Waals surface area contributed by atoms with Crippen LogP contribution in [0.4, 0.5) is 0 Å². The number of hydrogen-bond acceptors (Lipinski definition) is 4. The molecule has 1 heterocycles. The molecule has 1 aliphatic heterocycles. The van der Waals surface area contributed by atoms with Crippen LogP contribution in [0.15, 0.2) is 58.8 Å². The number of hydrogen-bond donors (Lipinski definition) is 2. The van der Waals surface area contributed by atoms with E-state index in [1.807, 2.05) is 29.3 Å². The number of carbonyl (C=O) groups excluding carboxylic acids is 1. The summed E-state index contributed by atoms with van der Waals surface area (Å²) in [6.45, 7) is 11.2. The number of carbonyl (C=O) groups is 1. The van der Waals surface area contributed by atoms with Gasteiger partial charge in [0.2, 0.25) is 0 Å². The molecule has 3 rings (SSSR count). The lowest BCUT2D eigenvalue weighted by atomic mass is 10.1. The molecule has 5 heteroatoms. The summed E-state index contributed by atoms with van der Waals surface area (Å²) in [7, 11) is 0. The van der Waals surface area contributed by atoms with Gasteiger partial charge in [-0.15, -0.1) is 0 Å². The Morgan fingerprint density at radius 3 is 2.59 bits per heavy atom. The van der Waals surface area contributed by atoms with Crippen LogP contribution in [0.5, 0.6) is 0 Å². The van der Waals surface area contributed by atoms with Crippen molar-refractivity contribution in [2.45, 2.75) is 49.3 Å². The van der Waals surface area contributed by atoms with Crippen LogP contribution in [0, 0.1) is 6.92 Å². The highest BCUT2D eigenvalue weighted by atomic mass is 32.2. The fraction of sp³-hybridized carbons (Fsp3) is 0.375. The molecule has 0 spiro atoms. The maximum absolute atomic E-state index is 12.6. The topological polar surface area (TPSA) is 44.4 Å². The van der Waals surface area contributed by atoms with Crippen molar-refractivity contribution in [1.29, 1.82) is 0 Å². The third-order valence-corrected chi connectivity index (χ3v) is 6.33. The van der Waals surface area contributed by atoms with Gasteiger partial charge in [0.1, 0.15) is 0 Å². The lowest BCUT2D eigenvalue weighted by molar-refractivity contribution is 0.0750. The third-order valence-electron chi connectivity index (χ3n) is 5.07. The number of amides is 1. The Morgan fingerprint density at radius 1 is 1.10 bits per heavy atom. The number of rotatable bonds is 8. The fourth-order valence-corrected chi connectivity index (χ4v) is 4.45. The summed E-state index contributed by atoms with van der Waals surface area (Å²) < 4.78 is 0. The standard InChI is InChI=1S/C24H31N3OS/c1-4-14-25-19(3)21-10-6-7-11-23(21)29-22-13-12-20(17-18(22)2)24(28)26-27-15-8-5-9-16-27/h6-7,10-13,17,25H,3-5,8-9,14-16H2,1-2H3,(H,26,28). The monoisotopic (exact) mass is 409 g/mol. The molecule has 0 aliphatic carbocycles. The normalized spacial score (nSPS) is 14.4. The van der Waals surface area contributed by atoms with E-state index in [1.54, 1.807) is 11.8 Å². The molecule has 0 bridgehead atoms. The number of nitrogens with one attached hydrogen (secondary N) is 2. The average Bonchev–Trinajstić information content (AvgIpc) is 2.74. The molecule has 29 heavy (non-hydrogen) atoms. The van der Waals surface area contributed by atoms with Gasteiger partial charge in [-0.3, -0.25) is 10.2 Å². The van der Waals surface area contributed by atoms with Gasteiger partial charge in [0, 0.05) is 46.2 Å². The molecule has 0 aromatic heterocycles. The largest absolute Gasteiger partial charge is 0.385 e. The predicted octanol–water partition coefficient (Wildman–Crippen LogP) is 5.25. The molecule has 1 amide bonds. The SMILES string of the molecule is C=C(NCCC)c1ccccc1Sc1ccc(C(=O)NN2CCCCC2)cc1C. The Morgan fingerprint density at radius 2 is 1.86 bits per heavy atom. The van der Waals surface area contributed by atoms with Crippen LogP contribution in [0.2, 0.25) is 0 Å². The van der Waals surface area contributed by atoms with Crippen molar-refractivity contribution in [3.8, 4) is 0 Å². The minimum Gasteiger partial charge on any atom is -0.385 e. The van der Waals surface area contributed by atoms with Crippen LogP contribution in [0.1, 0.15) is 54.1 Å². The van der Waals surface area contributed by atoms with Gasteiger partial charge in [-0.25, -0.2) is 5.01 Å². The lowest BCUT2D eigenvalue weighted by Gasteiger charge is -2.26. The van der Waals surface area contributed by atoms with Crippen molar-refractivity contribution >= 4 is 23.4 Å². The highest BCUT2D eigenvalue weighted by Gasteiger charge is 2.15. The Labute approximate surface area is 178 Å². The van der Waals surface area contributed by atoms with Gasteiger partial charge in [-0.1, -0.05) is 49.9 Å².